The zero-order valence-electron chi connectivity index (χ0n) is 24.2. The fourth-order valence-corrected chi connectivity index (χ4v) is 6.50. The molecule has 1 aromatic carbocycles. The summed E-state index contributed by atoms with van der Waals surface area (Å²) in [7, 11) is 2.22. The van der Waals surface area contributed by atoms with E-state index in [1.54, 1.807) is 0 Å². The normalized spacial score (nSPS) is 26.4. The van der Waals surface area contributed by atoms with Crippen molar-refractivity contribution >= 4 is 23.0 Å². The van der Waals surface area contributed by atoms with Crippen molar-refractivity contribution in [2.45, 2.75) is 58.3 Å². The highest BCUT2D eigenvalue weighted by atomic mass is 16.1. The molecule has 5 N–H and O–H groups in total. The number of likely N-dealkylation sites (N-methyl/N-ethyl adjacent to an activating group) is 1. The van der Waals surface area contributed by atoms with Gasteiger partial charge in [-0.2, -0.15) is 0 Å². The summed E-state index contributed by atoms with van der Waals surface area (Å²) in [6.45, 7) is 16.1. The fraction of sp³-hybridized carbons (Fsp3) is 0.655. The van der Waals surface area contributed by atoms with Crippen molar-refractivity contribution in [2.75, 3.05) is 76.2 Å². The van der Waals surface area contributed by atoms with E-state index in [0.717, 1.165) is 50.5 Å². The highest BCUT2D eigenvalue weighted by Gasteiger charge is 2.34. The number of nitrogens with two attached hydrogens (primary N) is 1. The van der Waals surface area contributed by atoms with Gasteiger partial charge in [-0.15, -0.1) is 0 Å². The first-order valence-electron chi connectivity index (χ1n) is 14.7. The van der Waals surface area contributed by atoms with Gasteiger partial charge in [-0.25, -0.2) is 4.99 Å². The van der Waals surface area contributed by atoms with Crippen LogP contribution >= 0.6 is 0 Å². The maximum absolute atomic E-state index is 12.4. The molecule has 4 aliphatic rings. The Labute approximate surface area is 233 Å². The number of amides is 1. The summed E-state index contributed by atoms with van der Waals surface area (Å²) in [4.78, 5) is 27.2. The van der Waals surface area contributed by atoms with Gasteiger partial charge in [0.15, 0.2) is 5.70 Å². The van der Waals surface area contributed by atoms with Crippen molar-refractivity contribution in [3.8, 4) is 0 Å². The Morgan fingerprint density at radius 1 is 1.13 bits per heavy atom. The molecule has 4 heterocycles. The lowest BCUT2D eigenvalue weighted by atomic mass is 10.0. The molecule has 0 aromatic heterocycles. The zero-order chi connectivity index (χ0) is 27.5. The zero-order valence-corrected chi connectivity index (χ0v) is 24.2. The summed E-state index contributed by atoms with van der Waals surface area (Å²) in [6.07, 6.45) is 3.11. The Kier molecular flexibility index (Phi) is 8.76. The maximum atomic E-state index is 12.4. The van der Waals surface area contributed by atoms with Gasteiger partial charge >= 0.3 is 0 Å². The molecular weight excluding hydrogens is 490 g/mol. The van der Waals surface area contributed by atoms with Gasteiger partial charge in [0, 0.05) is 82.4 Å². The van der Waals surface area contributed by atoms with Gasteiger partial charge in [0.25, 0.3) is 5.91 Å². The lowest BCUT2D eigenvalue weighted by molar-refractivity contribution is -0.114. The largest absolute Gasteiger partial charge is 0.371 e. The summed E-state index contributed by atoms with van der Waals surface area (Å²) in [5, 5.41) is 10.5. The SMILES string of the molecule is CCC1=NC(C(N)=O)=C(Nc2ccc(N3CCC(N4CCN(C)CC4)CC3)c(C)c2)NC1N1CCNC[C@@H]1C. The second kappa shape index (κ2) is 12.2. The summed E-state index contributed by atoms with van der Waals surface area (Å²) in [6, 6.07) is 7.52. The first-order valence-corrected chi connectivity index (χ1v) is 14.7. The van der Waals surface area contributed by atoms with Gasteiger partial charge < -0.3 is 31.5 Å². The Balaban J connectivity index is 1.27. The maximum Gasteiger partial charge on any atom is 0.271 e. The number of nitrogens with one attached hydrogen (secondary N) is 3. The van der Waals surface area contributed by atoms with E-state index in [9.17, 15) is 4.79 Å². The quantitative estimate of drug-likeness (QED) is 0.413. The molecule has 4 aliphatic heterocycles. The third-order valence-electron chi connectivity index (χ3n) is 8.89. The number of aliphatic imine (C=N–C) groups is 1. The van der Waals surface area contributed by atoms with E-state index < -0.39 is 5.91 Å². The first kappa shape index (κ1) is 27.9. The van der Waals surface area contributed by atoms with Crippen LogP contribution in [0.2, 0.25) is 0 Å². The molecule has 10 heteroatoms. The molecule has 3 fully saturated rings. The van der Waals surface area contributed by atoms with Crippen LogP contribution in [0.15, 0.2) is 34.7 Å². The number of piperidine rings is 1. The molecule has 39 heavy (non-hydrogen) atoms. The molecule has 5 rings (SSSR count). The van der Waals surface area contributed by atoms with Crippen LogP contribution in [0.1, 0.15) is 38.7 Å². The number of benzene rings is 1. The van der Waals surface area contributed by atoms with Crippen molar-refractivity contribution < 1.29 is 4.79 Å². The Morgan fingerprint density at radius 2 is 1.87 bits per heavy atom. The van der Waals surface area contributed by atoms with Crippen molar-refractivity contribution in [2.24, 2.45) is 10.7 Å². The van der Waals surface area contributed by atoms with Crippen molar-refractivity contribution in [1.29, 1.82) is 0 Å². The summed E-state index contributed by atoms with van der Waals surface area (Å²) < 4.78 is 0. The van der Waals surface area contributed by atoms with Crippen LogP contribution < -0.4 is 26.6 Å². The number of aryl methyl sites for hydroxylation is 1. The standard InChI is InChI=1S/C29H47N9O/c1-5-24-29(38-13-10-31-19-21(38)3)34-28(26(33-24)27(30)39)32-22-6-7-25(20(2)18-22)37-11-8-23(9-12-37)36-16-14-35(4)15-17-36/h6-7,18,21,23,29,31-32,34H,5,8-17,19H2,1-4H3,(H2,30,39)/t21-,29?/m0/s1. The van der Waals surface area contributed by atoms with E-state index in [1.165, 1.54) is 50.3 Å². The van der Waals surface area contributed by atoms with E-state index in [0.29, 0.717) is 17.9 Å². The number of carbonyl (C=O) groups is 1. The molecule has 0 spiro atoms. The fourth-order valence-electron chi connectivity index (χ4n) is 6.50. The van der Waals surface area contributed by atoms with Gasteiger partial charge in [0.05, 0.1) is 5.71 Å². The van der Waals surface area contributed by atoms with Crippen LogP contribution in [0.4, 0.5) is 11.4 Å². The summed E-state index contributed by atoms with van der Waals surface area (Å²) >= 11 is 0. The third kappa shape index (κ3) is 6.24. The Bertz CT molecular complexity index is 1090. The lowest BCUT2D eigenvalue weighted by Gasteiger charge is -2.43. The molecule has 1 amide bonds. The molecule has 1 unspecified atom stereocenters. The van der Waals surface area contributed by atoms with Crippen LogP contribution in [0.25, 0.3) is 0 Å². The predicted octanol–water partition coefficient (Wildman–Crippen LogP) is 1.35. The topological polar surface area (TPSA) is 104 Å². The van der Waals surface area contributed by atoms with Crippen LogP contribution in [-0.4, -0.2) is 111 Å². The highest BCUT2D eigenvalue weighted by Crippen LogP contribution is 2.29. The second-order valence-corrected chi connectivity index (χ2v) is 11.6. The molecule has 2 atom stereocenters. The van der Waals surface area contributed by atoms with E-state index in [4.69, 9.17) is 10.7 Å². The molecule has 1 aromatic rings. The van der Waals surface area contributed by atoms with Crippen molar-refractivity contribution in [3.05, 3.63) is 35.3 Å². The monoisotopic (exact) mass is 537 g/mol. The van der Waals surface area contributed by atoms with Crippen LogP contribution in [0, 0.1) is 6.92 Å². The molecule has 3 saturated heterocycles. The number of anilines is 2. The number of carbonyl (C=O) groups excluding carboxylic acids is 1. The lowest BCUT2D eigenvalue weighted by Crippen LogP contribution is -2.62. The predicted molar refractivity (Wildman–Crippen MR) is 159 cm³/mol. The van der Waals surface area contributed by atoms with Gasteiger partial charge in [-0.1, -0.05) is 6.92 Å². The number of hydrogen-bond donors (Lipinski definition) is 4. The van der Waals surface area contributed by atoms with Crippen LogP contribution in [0.5, 0.6) is 0 Å². The number of rotatable bonds is 7. The third-order valence-corrected chi connectivity index (χ3v) is 8.89. The van der Waals surface area contributed by atoms with E-state index in [-0.39, 0.29) is 11.9 Å². The van der Waals surface area contributed by atoms with Crippen molar-refractivity contribution in [1.82, 2.24) is 25.3 Å². The Morgan fingerprint density at radius 3 is 2.51 bits per heavy atom. The van der Waals surface area contributed by atoms with Crippen LogP contribution in [0.3, 0.4) is 0 Å². The molecule has 0 aliphatic carbocycles. The summed E-state index contributed by atoms with van der Waals surface area (Å²) in [5.41, 5.74) is 10.4. The summed E-state index contributed by atoms with van der Waals surface area (Å²) in [5.74, 6) is 0.0508. The van der Waals surface area contributed by atoms with E-state index in [2.05, 4.69) is 81.6 Å². The number of nitrogens with zero attached hydrogens (tertiary/aromatic N) is 5. The Hall–Kier alpha value is -2.66. The number of piperazine rings is 2. The van der Waals surface area contributed by atoms with Gasteiger partial charge in [0.1, 0.15) is 12.0 Å². The first-order chi connectivity index (χ1) is 18.8. The molecule has 214 valence electrons. The number of primary amides is 1. The second-order valence-electron chi connectivity index (χ2n) is 11.6. The van der Waals surface area contributed by atoms with Gasteiger partial charge in [-0.05, 0) is 63.9 Å². The molecule has 0 bridgehead atoms. The smallest absolute Gasteiger partial charge is 0.271 e. The van der Waals surface area contributed by atoms with Crippen molar-refractivity contribution in [3.63, 3.8) is 0 Å². The van der Waals surface area contributed by atoms with E-state index >= 15 is 0 Å². The minimum absolute atomic E-state index is 0.0698. The van der Waals surface area contributed by atoms with Crippen LogP contribution in [-0.2, 0) is 4.79 Å². The van der Waals surface area contributed by atoms with Gasteiger partial charge in [0.2, 0.25) is 0 Å². The molecule has 0 radical (unpaired) electrons. The van der Waals surface area contributed by atoms with E-state index in [1.807, 2.05) is 0 Å². The highest BCUT2D eigenvalue weighted by molar-refractivity contribution is 6.00. The number of hydrogen-bond acceptors (Lipinski definition) is 9. The molecule has 10 nitrogen and oxygen atoms in total. The minimum atomic E-state index is -0.528. The average Bonchev–Trinajstić information content (AvgIpc) is 2.94. The average molecular weight is 538 g/mol. The molecule has 0 saturated carbocycles. The molecular formula is C29H47N9O. The minimum Gasteiger partial charge on any atom is -0.371 e. The van der Waals surface area contributed by atoms with Gasteiger partial charge in [-0.3, -0.25) is 14.6 Å².